The molecule has 0 radical (unpaired) electrons. The van der Waals surface area contributed by atoms with Gasteiger partial charge in [-0.1, -0.05) is 18.2 Å². The number of carboxylic acids is 2. The Morgan fingerprint density at radius 3 is 2.25 bits per heavy atom. The summed E-state index contributed by atoms with van der Waals surface area (Å²) in [5.41, 5.74) is 0.327. The molecule has 0 aliphatic rings. The maximum Gasteiger partial charge on any atom is 0.323 e. The lowest BCUT2D eigenvalue weighted by atomic mass is 10.1. The Kier molecular flexibility index (Phi) is 3.99. The second kappa shape index (κ2) is 5.70. The van der Waals surface area contributed by atoms with E-state index in [1.54, 1.807) is 17.5 Å². The van der Waals surface area contributed by atoms with Crippen LogP contribution in [0.5, 0.6) is 0 Å². The molecule has 0 spiro atoms. The topological polar surface area (TPSA) is 94.9 Å². The van der Waals surface area contributed by atoms with Crippen molar-refractivity contribution in [2.24, 2.45) is 0 Å². The molecule has 7 heteroatoms. The molecule has 104 valence electrons. The van der Waals surface area contributed by atoms with Crippen molar-refractivity contribution in [1.29, 1.82) is 0 Å². The van der Waals surface area contributed by atoms with Crippen molar-refractivity contribution in [3.63, 3.8) is 0 Å². The molecule has 1 amide bonds. The summed E-state index contributed by atoms with van der Waals surface area (Å²) in [6.07, 6.45) is 0. The van der Waals surface area contributed by atoms with Crippen molar-refractivity contribution in [1.82, 2.24) is 4.90 Å². The number of fused-ring (bicyclic) bond motifs is 1. The number of hydrogen-bond donors (Lipinski definition) is 2. The summed E-state index contributed by atoms with van der Waals surface area (Å²) >= 11 is 1.36. The number of benzene rings is 1. The van der Waals surface area contributed by atoms with Crippen LogP contribution in [0, 0.1) is 0 Å². The number of nitrogens with zero attached hydrogens (tertiary/aromatic N) is 1. The molecule has 2 aromatic rings. The smallest absolute Gasteiger partial charge is 0.323 e. The van der Waals surface area contributed by atoms with Crippen LogP contribution >= 0.6 is 11.3 Å². The number of thiophene rings is 1. The van der Waals surface area contributed by atoms with Gasteiger partial charge in [0, 0.05) is 15.5 Å². The number of carbonyl (C=O) groups is 3. The molecule has 1 aromatic carbocycles. The number of hydrogen-bond acceptors (Lipinski definition) is 4. The Hall–Kier alpha value is -2.41. The van der Waals surface area contributed by atoms with E-state index in [0.717, 1.165) is 9.60 Å². The lowest BCUT2D eigenvalue weighted by molar-refractivity contribution is -0.140. The zero-order chi connectivity index (χ0) is 14.7. The van der Waals surface area contributed by atoms with Gasteiger partial charge < -0.3 is 15.1 Å². The molecule has 2 N–H and O–H groups in total. The van der Waals surface area contributed by atoms with Gasteiger partial charge in [-0.3, -0.25) is 14.4 Å². The molecular weight excluding hydrogens is 282 g/mol. The predicted molar refractivity (Wildman–Crippen MR) is 73.0 cm³/mol. The Morgan fingerprint density at radius 1 is 1.05 bits per heavy atom. The van der Waals surface area contributed by atoms with Crippen LogP contribution in [-0.2, 0) is 9.59 Å². The van der Waals surface area contributed by atoms with E-state index >= 15 is 0 Å². The normalized spacial score (nSPS) is 10.4. The van der Waals surface area contributed by atoms with Crippen molar-refractivity contribution in [3.05, 3.63) is 35.2 Å². The van der Waals surface area contributed by atoms with E-state index in [2.05, 4.69) is 0 Å². The minimum Gasteiger partial charge on any atom is -0.480 e. The van der Waals surface area contributed by atoms with Crippen LogP contribution < -0.4 is 0 Å². The van der Waals surface area contributed by atoms with Gasteiger partial charge >= 0.3 is 11.9 Å². The summed E-state index contributed by atoms with van der Waals surface area (Å²) in [5, 5.41) is 19.9. The lowest BCUT2D eigenvalue weighted by Crippen LogP contribution is -2.39. The fraction of sp³-hybridized carbons (Fsp3) is 0.154. The molecule has 0 aliphatic heterocycles. The van der Waals surface area contributed by atoms with E-state index in [4.69, 9.17) is 10.2 Å². The molecule has 1 aromatic heterocycles. The molecule has 0 unspecified atom stereocenters. The third-order valence-electron chi connectivity index (χ3n) is 2.65. The second-order valence-corrected chi connectivity index (χ2v) is 5.01. The fourth-order valence-electron chi connectivity index (χ4n) is 1.84. The molecule has 0 aliphatic carbocycles. The van der Waals surface area contributed by atoms with E-state index in [1.807, 2.05) is 12.1 Å². The molecule has 0 saturated carbocycles. The highest BCUT2D eigenvalue weighted by Gasteiger charge is 2.23. The van der Waals surface area contributed by atoms with Gasteiger partial charge in [-0.15, -0.1) is 11.3 Å². The standard InChI is InChI=1S/C13H11NO5S/c15-11(16)5-14(6-12(17)18)13(19)9-7-20-10-4-2-1-3-8(9)10/h1-4,7H,5-6H2,(H,15,16)(H,17,18). The van der Waals surface area contributed by atoms with Crippen LogP contribution in [0.15, 0.2) is 29.6 Å². The summed E-state index contributed by atoms with van der Waals surface area (Å²) in [5.74, 6) is -3.09. The average molecular weight is 293 g/mol. The van der Waals surface area contributed by atoms with Gasteiger partial charge in [0.2, 0.25) is 0 Å². The van der Waals surface area contributed by atoms with Crippen molar-refractivity contribution in [2.45, 2.75) is 0 Å². The van der Waals surface area contributed by atoms with Crippen LogP contribution in [0.1, 0.15) is 10.4 Å². The Bertz CT molecular complexity index is 662. The van der Waals surface area contributed by atoms with Gasteiger partial charge in [0.15, 0.2) is 0 Å². The molecule has 6 nitrogen and oxygen atoms in total. The number of carboxylic acid groups (broad SMARTS) is 2. The van der Waals surface area contributed by atoms with Crippen molar-refractivity contribution in [2.75, 3.05) is 13.1 Å². The monoisotopic (exact) mass is 293 g/mol. The minimum absolute atomic E-state index is 0.327. The van der Waals surface area contributed by atoms with Gasteiger partial charge in [0.25, 0.3) is 5.91 Å². The van der Waals surface area contributed by atoms with E-state index in [-0.39, 0.29) is 0 Å². The molecule has 0 atom stereocenters. The molecule has 0 fully saturated rings. The van der Waals surface area contributed by atoms with Gasteiger partial charge in [0.1, 0.15) is 13.1 Å². The summed E-state index contributed by atoms with van der Waals surface area (Å²) < 4.78 is 0.890. The minimum atomic E-state index is -1.25. The zero-order valence-electron chi connectivity index (χ0n) is 10.3. The fourth-order valence-corrected chi connectivity index (χ4v) is 2.77. The first-order valence-electron chi connectivity index (χ1n) is 5.68. The van der Waals surface area contributed by atoms with Crippen molar-refractivity contribution >= 4 is 39.3 Å². The first kappa shape index (κ1) is 14.0. The van der Waals surface area contributed by atoms with Crippen molar-refractivity contribution < 1.29 is 24.6 Å². The van der Waals surface area contributed by atoms with Crippen LogP contribution in [0.3, 0.4) is 0 Å². The highest BCUT2D eigenvalue weighted by Crippen LogP contribution is 2.26. The van der Waals surface area contributed by atoms with Crippen LogP contribution in [-0.4, -0.2) is 46.0 Å². The van der Waals surface area contributed by atoms with Crippen molar-refractivity contribution in [3.8, 4) is 0 Å². The Morgan fingerprint density at radius 2 is 1.65 bits per heavy atom. The summed E-state index contributed by atoms with van der Waals surface area (Å²) in [6.45, 7) is -1.29. The van der Waals surface area contributed by atoms with E-state index in [9.17, 15) is 14.4 Å². The molecule has 2 rings (SSSR count). The van der Waals surface area contributed by atoms with Gasteiger partial charge in [-0.05, 0) is 6.07 Å². The summed E-state index contributed by atoms with van der Waals surface area (Å²) in [4.78, 5) is 34.6. The highest BCUT2D eigenvalue weighted by atomic mass is 32.1. The van der Waals surface area contributed by atoms with Crippen LogP contribution in [0.2, 0.25) is 0 Å². The summed E-state index contributed by atoms with van der Waals surface area (Å²) in [6, 6.07) is 7.19. The molecular formula is C13H11NO5S. The quantitative estimate of drug-likeness (QED) is 0.871. The number of amides is 1. The van der Waals surface area contributed by atoms with Gasteiger partial charge in [-0.2, -0.15) is 0 Å². The average Bonchev–Trinajstić information content (AvgIpc) is 2.79. The Labute approximate surface area is 117 Å². The SMILES string of the molecule is O=C(O)CN(CC(=O)O)C(=O)c1csc2ccccc12. The number of carbonyl (C=O) groups excluding carboxylic acids is 1. The molecule has 1 heterocycles. The maximum atomic E-state index is 12.3. The van der Waals surface area contributed by atoms with E-state index in [0.29, 0.717) is 10.9 Å². The van der Waals surface area contributed by atoms with Crippen LogP contribution in [0.4, 0.5) is 0 Å². The number of aliphatic carboxylic acids is 2. The highest BCUT2D eigenvalue weighted by molar-refractivity contribution is 7.17. The third kappa shape index (κ3) is 2.94. The predicted octanol–water partition coefficient (Wildman–Crippen LogP) is 1.51. The maximum absolute atomic E-state index is 12.3. The Balaban J connectivity index is 2.35. The second-order valence-electron chi connectivity index (χ2n) is 4.09. The molecule has 20 heavy (non-hydrogen) atoms. The largest absolute Gasteiger partial charge is 0.480 e. The zero-order valence-corrected chi connectivity index (χ0v) is 11.1. The molecule has 0 saturated heterocycles. The van der Waals surface area contributed by atoms with Crippen LogP contribution in [0.25, 0.3) is 10.1 Å². The van der Waals surface area contributed by atoms with Gasteiger partial charge in [0.05, 0.1) is 5.56 Å². The third-order valence-corrected chi connectivity index (χ3v) is 3.61. The lowest BCUT2D eigenvalue weighted by Gasteiger charge is -2.17. The van der Waals surface area contributed by atoms with Gasteiger partial charge in [-0.25, -0.2) is 0 Å². The molecule has 0 bridgehead atoms. The summed E-state index contributed by atoms with van der Waals surface area (Å²) in [7, 11) is 0. The van der Waals surface area contributed by atoms with E-state index in [1.165, 1.54) is 11.3 Å². The number of rotatable bonds is 5. The van der Waals surface area contributed by atoms with E-state index < -0.39 is 30.9 Å². The first-order chi connectivity index (χ1) is 9.49. The first-order valence-corrected chi connectivity index (χ1v) is 6.56.